The first-order valence-electron chi connectivity index (χ1n) is 4.62. The van der Waals surface area contributed by atoms with E-state index in [0.717, 1.165) is 0 Å². The van der Waals surface area contributed by atoms with Crippen LogP contribution in [0.15, 0.2) is 19.2 Å². The van der Waals surface area contributed by atoms with Crippen molar-refractivity contribution in [2.45, 2.75) is 12.8 Å². The Bertz CT molecular complexity index is 273. The fourth-order valence-corrected chi connectivity index (χ4v) is 1.47. The summed E-state index contributed by atoms with van der Waals surface area (Å²) in [5, 5.41) is 0. The minimum absolute atomic E-state index is 0. The number of carbonyl (C=O) groups excluding carboxylic acids is 3. The third kappa shape index (κ3) is 4.36. The van der Waals surface area contributed by atoms with Gasteiger partial charge >= 0.3 is 21.1 Å². The number of hydrogen-bond donors (Lipinski definition) is 0. The summed E-state index contributed by atoms with van der Waals surface area (Å²) in [4.78, 5) is 32.6. The maximum absolute atomic E-state index is 11.4. The summed E-state index contributed by atoms with van der Waals surface area (Å²) >= 11 is 0. The van der Waals surface area contributed by atoms with Crippen molar-refractivity contribution < 1.29 is 35.4 Å². The average molecular weight is 390 g/mol. The molecule has 0 saturated heterocycles. The second-order valence-electron chi connectivity index (χ2n) is 3.01. The van der Waals surface area contributed by atoms with E-state index in [1.54, 1.807) is 6.42 Å². The molecular formula is C12H14O3W. The summed E-state index contributed by atoms with van der Waals surface area (Å²) in [5.41, 5.74) is 0. The van der Waals surface area contributed by atoms with Crippen LogP contribution < -0.4 is 0 Å². The van der Waals surface area contributed by atoms with Crippen molar-refractivity contribution in [1.29, 1.82) is 0 Å². The van der Waals surface area contributed by atoms with Gasteiger partial charge in [0.15, 0.2) is 6.29 Å². The number of Topliss-reactive ketones (excluding diaryl/α,β-unsaturated/α-hetero) is 2. The van der Waals surface area contributed by atoms with Gasteiger partial charge in [0.05, 0.1) is 5.92 Å². The van der Waals surface area contributed by atoms with Crippen LogP contribution in [0.4, 0.5) is 0 Å². The Kier molecular flexibility index (Phi) is 10.3. The van der Waals surface area contributed by atoms with Gasteiger partial charge in [-0.1, -0.05) is 6.42 Å². The van der Waals surface area contributed by atoms with Gasteiger partial charge in [-0.25, -0.2) is 0 Å². The third-order valence-electron chi connectivity index (χ3n) is 2.21. The standard InChI is InChI=1S/C10H10O3.C2H4.W/c1-2-7-4-3-5-8(10(7)13)9(12)6-11;1-2;/h1-2,4,6-8H,3,5H2;1-2H2;/q-2;;+2. The molecule has 2 unspecified atom stereocenters. The number of hydrogen-bond acceptors (Lipinski definition) is 3. The predicted molar refractivity (Wildman–Crippen MR) is 56.7 cm³/mol. The van der Waals surface area contributed by atoms with Crippen LogP contribution in [0.1, 0.15) is 12.8 Å². The summed E-state index contributed by atoms with van der Waals surface area (Å²) in [6, 6.07) is 0. The van der Waals surface area contributed by atoms with Gasteiger partial charge in [0.2, 0.25) is 5.78 Å². The van der Waals surface area contributed by atoms with E-state index in [1.165, 1.54) is 6.08 Å². The maximum atomic E-state index is 11.4. The van der Waals surface area contributed by atoms with Crippen LogP contribution in [0.25, 0.3) is 0 Å². The molecule has 0 aromatic heterocycles. The van der Waals surface area contributed by atoms with Gasteiger partial charge in [0, 0.05) is 0 Å². The van der Waals surface area contributed by atoms with Crippen molar-refractivity contribution in [2.75, 3.05) is 0 Å². The Hall–Kier alpha value is -0.822. The Morgan fingerprint density at radius 1 is 1.50 bits per heavy atom. The predicted octanol–water partition coefficient (Wildman–Crippen LogP) is 1.34. The van der Waals surface area contributed by atoms with Crippen LogP contribution >= 0.6 is 0 Å². The van der Waals surface area contributed by atoms with E-state index < -0.39 is 17.6 Å². The fourth-order valence-electron chi connectivity index (χ4n) is 1.47. The second-order valence-corrected chi connectivity index (χ2v) is 3.01. The molecule has 0 amide bonds. The van der Waals surface area contributed by atoms with Crippen LogP contribution in [0.3, 0.4) is 0 Å². The smallest absolute Gasteiger partial charge is 0.520 e. The zero-order valence-electron chi connectivity index (χ0n) is 8.93. The Balaban J connectivity index is 0. The summed E-state index contributed by atoms with van der Waals surface area (Å²) in [6.45, 7) is 11.2. The molecule has 4 heteroatoms. The summed E-state index contributed by atoms with van der Waals surface area (Å²) in [7, 11) is 0. The number of rotatable bonds is 3. The van der Waals surface area contributed by atoms with E-state index in [-0.39, 0.29) is 33.1 Å². The fraction of sp³-hybridized carbons (Fsp3) is 0.333. The Morgan fingerprint density at radius 3 is 2.50 bits per heavy atom. The molecule has 1 rings (SSSR count). The van der Waals surface area contributed by atoms with Gasteiger partial charge in [-0.05, 0) is 0 Å². The van der Waals surface area contributed by atoms with Crippen molar-refractivity contribution in [2.24, 2.45) is 11.8 Å². The van der Waals surface area contributed by atoms with Gasteiger partial charge in [-0.2, -0.15) is 6.42 Å². The molecule has 16 heavy (non-hydrogen) atoms. The molecule has 0 heterocycles. The van der Waals surface area contributed by atoms with Crippen LogP contribution in [0, 0.1) is 24.8 Å². The van der Waals surface area contributed by atoms with E-state index in [1.807, 2.05) is 0 Å². The number of aldehydes is 1. The van der Waals surface area contributed by atoms with Gasteiger partial charge in [0.1, 0.15) is 5.78 Å². The molecule has 86 valence electrons. The minimum atomic E-state index is -0.771. The second kappa shape index (κ2) is 9.41. The molecule has 0 aromatic carbocycles. The van der Waals surface area contributed by atoms with Crippen molar-refractivity contribution in [3.05, 3.63) is 32.2 Å². The number of ketones is 2. The van der Waals surface area contributed by atoms with Gasteiger partial charge in [-0.3, -0.25) is 15.7 Å². The monoisotopic (exact) mass is 390 g/mol. The molecule has 1 aliphatic rings. The molecule has 0 aliphatic heterocycles. The van der Waals surface area contributed by atoms with Crippen molar-refractivity contribution in [1.82, 2.24) is 0 Å². The number of allylic oxidation sites excluding steroid dienone is 1. The van der Waals surface area contributed by atoms with Crippen LogP contribution in [0.2, 0.25) is 0 Å². The zero-order valence-corrected chi connectivity index (χ0v) is 11.9. The molecule has 3 nitrogen and oxygen atoms in total. The Morgan fingerprint density at radius 2 is 2.06 bits per heavy atom. The Labute approximate surface area is 110 Å². The molecule has 1 aliphatic carbocycles. The van der Waals surface area contributed by atoms with Crippen molar-refractivity contribution >= 4 is 17.9 Å². The summed E-state index contributed by atoms with van der Waals surface area (Å²) in [5.74, 6) is -2.13. The molecule has 0 bridgehead atoms. The SMILES string of the molecule is C=C.[CH-]=CC1[CH-]CCC(C(=O)C=O)C1=O.[W+2]. The van der Waals surface area contributed by atoms with E-state index in [4.69, 9.17) is 6.58 Å². The van der Waals surface area contributed by atoms with Crippen LogP contribution in [0.5, 0.6) is 0 Å². The first-order chi connectivity index (χ1) is 7.20. The molecule has 0 radical (unpaired) electrons. The molecular weight excluding hydrogens is 376 g/mol. The molecule has 1 fully saturated rings. The van der Waals surface area contributed by atoms with E-state index >= 15 is 0 Å². The van der Waals surface area contributed by atoms with E-state index in [0.29, 0.717) is 12.8 Å². The summed E-state index contributed by atoms with van der Waals surface area (Å²) < 4.78 is 0. The maximum Gasteiger partial charge on any atom is 2.00 e. The zero-order chi connectivity index (χ0) is 11.8. The van der Waals surface area contributed by atoms with Gasteiger partial charge in [-0.15, -0.1) is 19.1 Å². The largest absolute Gasteiger partial charge is 2.00 e. The minimum Gasteiger partial charge on any atom is -0.520 e. The van der Waals surface area contributed by atoms with Gasteiger partial charge in [0.25, 0.3) is 0 Å². The van der Waals surface area contributed by atoms with E-state index in [2.05, 4.69) is 13.2 Å². The first kappa shape index (κ1) is 17.6. The molecule has 0 aromatic rings. The van der Waals surface area contributed by atoms with Crippen molar-refractivity contribution in [3.63, 3.8) is 0 Å². The van der Waals surface area contributed by atoms with Gasteiger partial charge < -0.3 is 17.8 Å². The van der Waals surface area contributed by atoms with Crippen molar-refractivity contribution in [3.8, 4) is 0 Å². The summed E-state index contributed by atoms with van der Waals surface area (Å²) in [6.07, 6.45) is 4.31. The molecule has 0 spiro atoms. The molecule has 1 saturated carbocycles. The first-order valence-corrected chi connectivity index (χ1v) is 4.62. The third-order valence-corrected chi connectivity index (χ3v) is 2.21. The molecule has 2 atom stereocenters. The average Bonchev–Trinajstić information content (AvgIpc) is 2.31. The number of carbonyl (C=O) groups is 3. The quantitative estimate of drug-likeness (QED) is 0.240. The normalized spacial score (nSPS) is 23.1. The van der Waals surface area contributed by atoms with Crippen LogP contribution in [-0.4, -0.2) is 17.9 Å². The topological polar surface area (TPSA) is 51.2 Å². The van der Waals surface area contributed by atoms with E-state index in [9.17, 15) is 14.4 Å². The molecule has 0 N–H and O–H groups in total. The van der Waals surface area contributed by atoms with Crippen LogP contribution in [-0.2, 0) is 35.4 Å².